The Kier molecular flexibility index (Phi) is 3.97. The van der Waals surface area contributed by atoms with Gasteiger partial charge in [0.05, 0.1) is 16.7 Å². The van der Waals surface area contributed by atoms with Crippen LogP contribution in [-0.2, 0) is 6.61 Å². The zero-order valence-electron chi connectivity index (χ0n) is 10.5. The van der Waals surface area contributed by atoms with Gasteiger partial charge in [-0.2, -0.15) is 5.26 Å². The lowest BCUT2D eigenvalue weighted by Crippen LogP contribution is -1.96. The Morgan fingerprint density at radius 1 is 1.50 bits per heavy atom. The van der Waals surface area contributed by atoms with Gasteiger partial charge < -0.3 is 14.3 Å². The largest absolute Gasteiger partial charge is 0.484 e. The van der Waals surface area contributed by atoms with Gasteiger partial charge in [0.25, 0.3) is 0 Å². The highest BCUT2D eigenvalue weighted by atomic mass is 35.5. The fourth-order valence-electron chi connectivity index (χ4n) is 1.67. The maximum atomic E-state index is 10.8. The molecular weight excluding hydrogens is 282 g/mol. The first-order valence-electron chi connectivity index (χ1n) is 5.66. The summed E-state index contributed by atoms with van der Waals surface area (Å²) in [6, 6.07) is 8.22. The fraction of sp³-hybridized carbons (Fsp3) is 0.143. The molecule has 0 aliphatic rings. The van der Waals surface area contributed by atoms with E-state index < -0.39 is 5.97 Å². The number of aryl methyl sites for hydroxylation is 1. The lowest BCUT2D eigenvalue weighted by atomic mass is 10.2. The first kappa shape index (κ1) is 14.0. The van der Waals surface area contributed by atoms with Crippen LogP contribution in [0.25, 0.3) is 0 Å². The molecule has 0 aliphatic heterocycles. The predicted octanol–water partition coefficient (Wildman–Crippen LogP) is 3.39. The molecule has 2 aromatic rings. The first-order chi connectivity index (χ1) is 9.51. The second-order valence-corrected chi connectivity index (χ2v) is 4.48. The molecule has 0 unspecified atom stereocenters. The number of carboxylic acids is 1. The second kappa shape index (κ2) is 5.68. The van der Waals surface area contributed by atoms with Gasteiger partial charge in [-0.3, -0.25) is 0 Å². The van der Waals surface area contributed by atoms with Gasteiger partial charge in [-0.05, 0) is 31.2 Å². The molecule has 1 heterocycles. The van der Waals surface area contributed by atoms with Crippen LogP contribution in [0.2, 0.25) is 5.02 Å². The molecule has 6 heteroatoms. The molecule has 0 amide bonds. The van der Waals surface area contributed by atoms with Crippen LogP contribution in [0.1, 0.15) is 27.4 Å². The van der Waals surface area contributed by atoms with Crippen molar-refractivity contribution in [2.75, 3.05) is 0 Å². The SMILES string of the molecule is Cc1cc(COc2ccc(C#N)cc2Cl)oc1C(=O)O. The number of aromatic carboxylic acids is 1. The van der Waals surface area contributed by atoms with Crippen molar-refractivity contribution in [2.45, 2.75) is 13.5 Å². The van der Waals surface area contributed by atoms with Crippen LogP contribution < -0.4 is 4.74 Å². The number of rotatable bonds is 4. The number of ether oxygens (including phenoxy) is 1. The number of furan rings is 1. The second-order valence-electron chi connectivity index (χ2n) is 4.08. The van der Waals surface area contributed by atoms with Gasteiger partial charge in [0.1, 0.15) is 18.1 Å². The third-order valence-electron chi connectivity index (χ3n) is 2.59. The molecule has 0 fully saturated rings. The summed E-state index contributed by atoms with van der Waals surface area (Å²) in [4.78, 5) is 10.8. The highest BCUT2D eigenvalue weighted by Crippen LogP contribution is 2.26. The summed E-state index contributed by atoms with van der Waals surface area (Å²) in [5.41, 5.74) is 0.964. The van der Waals surface area contributed by atoms with Gasteiger partial charge in [0.15, 0.2) is 0 Å². The summed E-state index contributed by atoms with van der Waals surface area (Å²) < 4.78 is 10.6. The Morgan fingerprint density at radius 2 is 2.25 bits per heavy atom. The maximum Gasteiger partial charge on any atom is 0.372 e. The average Bonchev–Trinajstić information content (AvgIpc) is 2.78. The third-order valence-corrected chi connectivity index (χ3v) is 2.89. The number of carbonyl (C=O) groups is 1. The topological polar surface area (TPSA) is 83.5 Å². The van der Waals surface area contributed by atoms with Crippen LogP contribution in [-0.4, -0.2) is 11.1 Å². The Bertz CT molecular complexity index is 700. The highest BCUT2D eigenvalue weighted by molar-refractivity contribution is 6.32. The molecule has 0 aliphatic carbocycles. The van der Waals surface area contributed by atoms with E-state index in [1.54, 1.807) is 25.1 Å². The van der Waals surface area contributed by atoms with Crippen LogP contribution in [0.15, 0.2) is 28.7 Å². The molecule has 0 atom stereocenters. The molecule has 5 nitrogen and oxygen atoms in total. The minimum absolute atomic E-state index is 0.0553. The highest BCUT2D eigenvalue weighted by Gasteiger charge is 2.14. The van der Waals surface area contributed by atoms with E-state index in [-0.39, 0.29) is 12.4 Å². The lowest BCUT2D eigenvalue weighted by molar-refractivity contribution is 0.0657. The van der Waals surface area contributed by atoms with E-state index in [9.17, 15) is 4.79 Å². The molecule has 1 aromatic heterocycles. The third kappa shape index (κ3) is 2.92. The molecule has 20 heavy (non-hydrogen) atoms. The predicted molar refractivity (Wildman–Crippen MR) is 70.9 cm³/mol. The molecular formula is C14H10ClNO4. The van der Waals surface area contributed by atoms with Crippen molar-refractivity contribution in [2.24, 2.45) is 0 Å². The Hall–Kier alpha value is -2.45. The molecule has 0 spiro atoms. The van der Waals surface area contributed by atoms with Crippen molar-refractivity contribution >= 4 is 17.6 Å². The van der Waals surface area contributed by atoms with E-state index in [0.717, 1.165) is 0 Å². The zero-order chi connectivity index (χ0) is 14.7. The van der Waals surface area contributed by atoms with Gasteiger partial charge in [-0.25, -0.2) is 4.79 Å². The summed E-state index contributed by atoms with van der Waals surface area (Å²) in [5, 5.41) is 17.9. The van der Waals surface area contributed by atoms with Gasteiger partial charge in [0.2, 0.25) is 5.76 Å². The van der Waals surface area contributed by atoms with Crippen LogP contribution in [0, 0.1) is 18.3 Å². The number of hydrogen-bond acceptors (Lipinski definition) is 4. The summed E-state index contributed by atoms with van der Waals surface area (Å²) in [6.45, 7) is 1.70. The monoisotopic (exact) mass is 291 g/mol. The molecule has 2 rings (SSSR count). The number of nitrogens with zero attached hydrogens (tertiary/aromatic N) is 1. The van der Waals surface area contributed by atoms with E-state index in [1.807, 2.05) is 6.07 Å². The Labute approximate surface area is 120 Å². The molecule has 1 N–H and O–H groups in total. The van der Waals surface area contributed by atoms with Gasteiger partial charge in [-0.15, -0.1) is 0 Å². The summed E-state index contributed by atoms with van der Waals surface area (Å²) >= 11 is 5.96. The molecule has 0 radical (unpaired) electrons. The fourth-order valence-corrected chi connectivity index (χ4v) is 1.90. The van der Waals surface area contributed by atoms with Gasteiger partial charge in [0, 0.05) is 5.56 Å². The number of hydrogen-bond donors (Lipinski definition) is 1. The van der Waals surface area contributed by atoms with Crippen LogP contribution in [0.5, 0.6) is 5.75 Å². The van der Waals surface area contributed by atoms with Crippen molar-refractivity contribution in [3.8, 4) is 11.8 Å². The number of carboxylic acid groups (broad SMARTS) is 1. The van der Waals surface area contributed by atoms with Crippen molar-refractivity contribution < 1.29 is 19.1 Å². The van der Waals surface area contributed by atoms with Crippen LogP contribution >= 0.6 is 11.6 Å². The van der Waals surface area contributed by atoms with E-state index in [0.29, 0.717) is 27.7 Å². The van der Waals surface area contributed by atoms with Crippen molar-refractivity contribution in [1.29, 1.82) is 5.26 Å². The van der Waals surface area contributed by atoms with E-state index in [4.69, 9.17) is 31.1 Å². The average molecular weight is 292 g/mol. The molecule has 1 aromatic carbocycles. The normalized spacial score (nSPS) is 10.1. The molecule has 0 saturated heterocycles. The molecule has 0 saturated carbocycles. The van der Waals surface area contributed by atoms with Gasteiger partial charge >= 0.3 is 5.97 Å². The quantitative estimate of drug-likeness (QED) is 0.933. The Morgan fingerprint density at radius 3 is 2.80 bits per heavy atom. The van der Waals surface area contributed by atoms with E-state index in [1.165, 1.54) is 6.07 Å². The smallest absolute Gasteiger partial charge is 0.372 e. The standard InChI is InChI=1S/C14H10ClNO4/c1-8-4-10(20-13(8)14(17)18)7-19-12-3-2-9(6-16)5-11(12)15/h2-5H,7H2,1H3,(H,17,18). The maximum absolute atomic E-state index is 10.8. The van der Waals surface area contributed by atoms with E-state index in [2.05, 4.69) is 0 Å². The molecule has 0 bridgehead atoms. The van der Waals surface area contributed by atoms with Crippen molar-refractivity contribution in [3.05, 3.63) is 51.9 Å². The zero-order valence-corrected chi connectivity index (χ0v) is 11.3. The van der Waals surface area contributed by atoms with Crippen LogP contribution in [0.3, 0.4) is 0 Å². The summed E-state index contributed by atoms with van der Waals surface area (Å²) in [7, 11) is 0. The number of halogens is 1. The number of nitriles is 1. The number of benzene rings is 1. The van der Waals surface area contributed by atoms with Crippen molar-refractivity contribution in [1.82, 2.24) is 0 Å². The lowest BCUT2D eigenvalue weighted by Gasteiger charge is -2.06. The first-order valence-corrected chi connectivity index (χ1v) is 6.04. The van der Waals surface area contributed by atoms with Crippen molar-refractivity contribution in [3.63, 3.8) is 0 Å². The summed E-state index contributed by atoms with van der Waals surface area (Å²) in [5.74, 6) is -0.434. The minimum atomic E-state index is -1.12. The minimum Gasteiger partial charge on any atom is -0.484 e. The summed E-state index contributed by atoms with van der Waals surface area (Å²) in [6.07, 6.45) is 0. The van der Waals surface area contributed by atoms with Gasteiger partial charge in [-0.1, -0.05) is 11.6 Å². The van der Waals surface area contributed by atoms with Crippen LogP contribution in [0.4, 0.5) is 0 Å². The molecule has 102 valence electrons. The van der Waals surface area contributed by atoms with E-state index >= 15 is 0 Å². The Balaban J connectivity index is 2.11.